The molecule has 3 fully saturated rings. The predicted molar refractivity (Wildman–Crippen MR) is 133 cm³/mol. The zero-order valence-electron chi connectivity index (χ0n) is 19.5. The van der Waals surface area contributed by atoms with Crippen molar-refractivity contribution in [3.05, 3.63) is 69.2 Å². The summed E-state index contributed by atoms with van der Waals surface area (Å²) in [7, 11) is 0. The Balaban J connectivity index is 1.23. The van der Waals surface area contributed by atoms with E-state index < -0.39 is 11.6 Å². The number of nitrogens with zero attached hydrogens (tertiary/aromatic N) is 2. The van der Waals surface area contributed by atoms with Crippen molar-refractivity contribution in [1.82, 2.24) is 10.1 Å². The zero-order chi connectivity index (χ0) is 25.0. The fraction of sp³-hybridized carbons (Fsp3) is 0.444. The van der Waals surface area contributed by atoms with Gasteiger partial charge in [-0.2, -0.15) is 0 Å². The first-order valence-electron chi connectivity index (χ1n) is 12.3. The van der Waals surface area contributed by atoms with Gasteiger partial charge < -0.3 is 19.5 Å². The number of aromatic carboxylic acids is 1. The number of aromatic nitrogens is 2. The van der Waals surface area contributed by atoms with E-state index >= 15 is 0 Å². The fourth-order valence-electron chi connectivity index (χ4n) is 6.09. The molecule has 2 bridgehead atoms. The Morgan fingerprint density at radius 3 is 2.44 bits per heavy atom. The van der Waals surface area contributed by atoms with Gasteiger partial charge in [0.2, 0.25) is 0 Å². The maximum Gasteiger partial charge on any atom is 0.335 e. The number of carboxylic acids is 1. The maximum atomic E-state index is 11.7. The maximum absolute atomic E-state index is 11.7. The molecule has 0 amide bonds. The summed E-state index contributed by atoms with van der Waals surface area (Å²) in [5.41, 5.74) is 1.60. The number of rotatable bonds is 7. The van der Waals surface area contributed by atoms with Gasteiger partial charge in [0.1, 0.15) is 17.1 Å². The van der Waals surface area contributed by atoms with Crippen LogP contribution in [-0.2, 0) is 16.9 Å². The summed E-state index contributed by atoms with van der Waals surface area (Å²) in [6, 6.07) is 8.32. The van der Waals surface area contributed by atoms with Gasteiger partial charge in [-0.05, 0) is 74.6 Å². The number of pyridine rings is 1. The van der Waals surface area contributed by atoms with E-state index in [1.54, 1.807) is 18.2 Å². The molecule has 36 heavy (non-hydrogen) atoms. The molecule has 6 rings (SSSR count). The Morgan fingerprint density at radius 1 is 1.11 bits per heavy atom. The normalized spacial score (nSPS) is 27.4. The van der Waals surface area contributed by atoms with Crippen molar-refractivity contribution in [2.24, 2.45) is 11.8 Å². The molecule has 3 aliphatic rings. The Labute approximate surface area is 218 Å². The van der Waals surface area contributed by atoms with E-state index in [2.05, 4.69) is 10.1 Å². The minimum Gasteiger partial charge on any atom is -0.478 e. The molecule has 3 saturated carbocycles. The van der Waals surface area contributed by atoms with Crippen molar-refractivity contribution < 1.29 is 24.3 Å². The van der Waals surface area contributed by atoms with Crippen molar-refractivity contribution in [1.29, 1.82) is 0 Å². The fourth-order valence-corrected chi connectivity index (χ4v) is 6.66. The van der Waals surface area contributed by atoms with Crippen LogP contribution < -0.4 is 0 Å². The van der Waals surface area contributed by atoms with E-state index in [0.29, 0.717) is 52.4 Å². The predicted octanol–water partition coefficient (Wildman–Crippen LogP) is 6.21. The van der Waals surface area contributed by atoms with Crippen LogP contribution in [0.15, 0.2) is 41.1 Å². The van der Waals surface area contributed by atoms with Crippen LogP contribution in [0.25, 0.3) is 11.3 Å². The van der Waals surface area contributed by atoms with Crippen LogP contribution >= 0.6 is 23.2 Å². The van der Waals surface area contributed by atoms with E-state index in [1.165, 1.54) is 18.3 Å². The summed E-state index contributed by atoms with van der Waals surface area (Å²) in [5, 5.41) is 26.5. The SMILES string of the molecule is O=C(O)c1ccnc(C2(O)[C@@H]3CC[C@H]2CC(OCc2c(-c4c(Cl)cccc4Cl)noc2C2CC2)C3)c1. The van der Waals surface area contributed by atoms with E-state index in [-0.39, 0.29) is 23.5 Å². The van der Waals surface area contributed by atoms with Crippen LogP contribution in [0.2, 0.25) is 10.0 Å². The van der Waals surface area contributed by atoms with Gasteiger partial charge in [0.25, 0.3) is 0 Å². The third-order valence-electron chi connectivity index (χ3n) is 8.05. The standard InChI is InChI=1S/C27H26Cl2N2O5/c28-20-2-1-3-21(29)23(20)24-19(25(36-31-24)14-4-5-14)13-35-18-11-16-6-7-17(12-18)27(16,34)22-10-15(26(32)33)8-9-30-22/h1-3,8-10,14,16-18,34H,4-7,11-13H2,(H,32,33)/t16-,17+,18?,27?. The molecule has 2 unspecified atom stereocenters. The minimum absolute atomic E-state index is 0.0537. The molecule has 3 aliphatic carbocycles. The molecule has 2 aromatic heterocycles. The van der Waals surface area contributed by atoms with E-state index in [1.807, 2.05) is 0 Å². The molecule has 9 heteroatoms. The van der Waals surface area contributed by atoms with Crippen LogP contribution in [0.4, 0.5) is 0 Å². The second-order valence-corrected chi connectivity index (χ2v) is 11.0. The van der Waals surface area contributed by atoms with Crippen molar-refractivity contribution in [3.63, 3.8) is 0 Å². The van der Waals surface area contributed by atoms with Gasteiger partial charge in [-0.1, -0.05) is 34.4 Å². The third kappa shape index (κ3) is 4.02. The Bertz CT molecular complexity index is 1290. The lowest BCUT2D eigenvalue weighted by molar-refractivity contribution is -0.118. The van der Waals surface area contributed by atoms with Crippen molar-refractivity contribution in [2.75, 3.05) is 0 Å². The zero-order valence-corrected chi connectivity index (χ0v) is 21.0. The first kappa shape index (κ1) is 23.9. The van der Waals surface area contributed by atoms with E-state index in [9.17, 15) is 15.0 Å². The van der Waals surface area contributed by atoms with Gasteiger partial charge in [0, 0.05) is 23.2 Å². The number of hydrogen-bond acceptors (Lipinski definition) is 6. The first-order valence-corrected chi connectivity index (χ1v) is 13.1. The van der Waals surface area contributed by atoms with Crippen LogP contribution in [0.5, 0.6) is 0 Å². The molecule has 7 nitrogen and oxygen atoms in total. The topological polar surface area (TPSA) is 106 Å². The average Bonchev–Trinajstić information content (AvgIpc) is 3.60. The molecular weight excluding hydrogens is 503 g/mol. The minimum atomic E-state index is -1.14. The van der Waals surface area contributed by atoms with Gasteiger partial charge in [-0.25, -0.2) is 4.79 Å². The number of hydrogen-bond donors (Lipinski definition) is 2. The Hall–Kier alpha value is -2.45. The molecule has 4 atom stereocenters. The Kier molecular flexibility index (Phi) is 6.07. The van der Waals surface area contributed by atoms with Gasteiger partial charge in [-0.3, -0.25) is 4.98 Å². The van der Waals surface area contributed by atoms with Crippen LogP contribution in [0, 0.1) is 11.8 Å². The van der Waals surface area contributed by atoms with Crippen LogP contribution in [0.1, 0.15) is 71.8 Å². The van der Waals surface area contributed by atoms with Crippen LogP contribution in [-0.4, -0.2) is 32.4 Å². The number of carboxylic acid groups (broad SMARTS) is 1. The van der Waals surface area contributed by atoms with Gasteiger partial charge in [0.05, 0.1) is 34.0 Å². The summed E-state index contributed by atoms with van der Waals surface area (Å²) >= 11 is 13.0. The number of ether oxygens (including phenoxy) is 1. The second kappa shape index (κ2) is 9.14. The summed E-state index contributed by atoms with van der Waals surface area (Å²) in [6.45, 7) is 0.321. The van der Waals surface area contributed by atoms with Gasteiger partial charge in [0.15, 0.2) is 0 Å². The second-order valence-electron chi connectivity index (χ2n) is 10.2. The lowest BCUT2D eigenvalue weighted by atomic mass is 9.71. The van der Waals surface area contributed by atoms with Gasteiger partial charge in [-0.15, -0.1) is 0 Å². The highest BCUT2D eigenvalue weighted by Crippen LogP contribution is 2.55. The lowest BCUT2D eigenvalue weighted by Crippen LogP contribution is -2.45. The summed E-state index contributed by atoms with van der Waals surface area (Å²) < 4.78 is 12.2. The van der Waals surface area contributed by atoms with Crippen molar-refractivity contribution in [2.45, 2.75) is 62.8 Å². The monoisotopic (exact) mass is 528 g/mol. The number of fused-ring (bicyclic) bond motifs is 2. The van der Waals surface area contributed by atoms with Gasteiger partial charge >= 0.3 is 5.97 Å². The molecule has 0 radical (unpaired) electrons. The summed E-state index contributed by atoms with van der Waals surface area (Å²) in [6.07, 6.45) is 6.55. The first-order chi connectivity index (χ1) is 17.4. The third-order valence-corrected chi connectivity index (χ3v) is 8.68. The average molecular weight is 529 g/mol. The highest BCUT2D eigenvalue weighted by Gasteiger charge is 2.55. The Morgan fingerprint density at radius 2 is 1.81 bits per heavy atom. The highest BCUT2D eigenvalue weighted by atomic mass is 35.5. The molecule has 1 aromatic carbocycles. The summed E-state index contributed by atoms with van der Waals surface area (Å²) in [5.74, 6) is 0.0415. The molecule has 3 aromatic rings. The largest absolute Gasteiger partial charge is 0.478 e. The number of aliphatic hydroxyl groups is 1. The molecule has 0 aliphatic heterocycles. The molecule has 188 valence electrons. The summed E-state index contributed by atoms with van der Waals surface area (Å²) in [4.78, 5) is 15.8. The van der Waals surface area contributed by atoms with E-state index in [4.69, 9.17) is 32.5 Å². The number of halogens is 2. The molecule has 0 saturated heterocycles. The molecule has 2 heterocycles. The van der Waals surface area contributed by atoms with E-state index in [0.717, 1.165) is 37.0 Å². The molecule has 2 N–H and O–H groups in total. The highest BCUT2D eigenvalue weighted by molar-refractivity contribution is 6.39. The van der Waals surface area contributed by atoms with Crippen molar-refractivity contribution >= 4 is 29.2 Å². The molecule has 0 spiro atoms. The van der Waals surface area contributed by atoms with Crippen LogP contribution in [0.3, 0.4) is 0 Å². The number of benzene rings is 1. The van der Waals surface area contributed by atoms with Crippen molar-refractivity contribution in [3.8, 4) is 11.3 Å². The quantitative estimate of drug-likeness (QED) is 0.375. The molecular formula is C27H26Cl2N2O5. The lowest BCUT2D eigenvalue weighted by Gasteiger charge is -2.42. The smallest absolute Gasteiger partial charge is 0.335 e. The number of carbonyl (C=O) groups is 1.